The Morgan fingerprint density at radius 1 is 1.28 bits per heavy atom. The Bertz CT molecular complexity index is 377. The van der Waals surface area contributed by atoms with Gasteiger partial charge in [0.15, 0.2) is 0 Å². The summed E-state index contributed by atoms with van der Waals surface area (Å²) in [5.41, 5.74) is 2.89. The maximum absolute atomic E-state index is 3.42. The van der Waals surface area contributed by atoms with Gasteiger partial charge in [0, 0.05) is 0 Å². The van der Waals surface area contributed by atoms with Crippen molar-refractivity contribution in [2.24, 2.45) is 0 Å². The molecule has 0 saturated heterocycles. The molecule has 1 fully saturated rings. The molecule has 0 spiro atoms. The van der Waals surface area contributed by atoms with E-state index in [2.05, 4.69) is 48.7 Å². The lowest BCUT2D eigenvalue weighted by molar-refractivity contribution is 0.420. The molecule has 0 aliphatic heterocycles. The summed E-state index contributed by atoms with van der Waals surface area (Å²) < 4.78 is 0. The zero-order valence-corrected chi connectivity index (χ0v) is 11.5. The van der Waals surface area contributed by atoms with Crippen LogP contribution >= 0.6 is 0 Å². The molecule has 1 N–H and O–H groups in total. The normalized spacial score (nSPS) is 16.1. The quantitative estimate of drug-likeness (QED) is 0.702. The Morgan fingerprint density at radius 3 is 2.89 bits per heavy atom. The molecule has 1 saturated carbocycles. The zero-order valence-electron chi connectivity index (χ0n) is 11.5. The summed E-state index contributed by atoms with van der Waals surface area (Å²) in [6.07, 6.45) is 11.1. The van der Waals surface area contributed by atoms with Crippen LogP contribution in [0.3, 0.4) is 0 Å². The van der Waals surface area contributed by atoms with Gasteiger partial charge in [-0.2, -0.15) is 0 Å². The number of nitrogens with one attached hydrogen (secondary N) is 1. The smallest absolute Gasteiger partial charge is 0.00142 e. The van der Waals surface area contributed by atoms with Crippen LogP contribution in [0.5, 0.6) is 0 Å². The Morgan fingerprint density at radius 2 is 2.17 bits per heavy atom. The molecule has 0 heterocycles. The van der Waals surface area contributed by atoms with Crippen molar-refractivity contribution < 1.29 is 0 Å². The zero-order chi connectivity index (χ0) is 12.6. The average Bonchev–Trinajstić information content (AvgIpc) is 2.32. The highest BCUT2D eigenvalue weighted by Gasteiger charge is 2.18. The molecule has 0 radical (unpaired) electrons. The molecular formula is C17H25N. The molecule has 0 unspecified atom stereocenters. The first-order chi connectivity index (χ1) is 8.90. The van der Waals surface area contributed by atoms with Gasteiger partial charge in [-0.3, -0.25) is 0 Å². The third kappa shape index (κ3) is 3.99. The van der Waals surface area contributed by atoms with Gasteiger partial charge in [-0.25, -0.2) is 0 Å². The van der Waals surface area contributed by atoms with E-state index in [1.54, 1.807) is 0 Å². The first kappa shape index (κ1) is 13.4. The summed E-state index contributed by atoms with van der Waals surface area (Å²) in [6, 6.07) is 9.05. The Kier molecular flexibility index (Phi) is 5.47. The molecule has 1 aromatic rings. The van der Waals surface area contributed by atoms with Gasteiger partial charge in [-0.1, -0.05) is 49.8 Å². The molecule has 98 valence electrons. The molecular weight excluding hydrogens is 218 g/mol. The van der Waals surface area contributed by atoms with E-state index in [4.69, 9.17) is 0 Å². The Labute approximate surface area is 111 Å². The van der Waals surface area contributed by atoms with E-state index in [-0.39, 0.29) is 0 Å². The van der Waals surface area contributed by atoms with Crippen molar-refractivity contribution in [1.82, 2.24) is 5.32 Å². The van der Waals surface area contributed by atoms with E-state index in [1.165, 1.54) is 36.8 Å². The lowest BCUT2D eigenvalue weighted by Crippen LogP contribution is -2.14. The van der Waals surface area contributed by atoms with E-state index in [0.717, 1.165) is 25.4 Å². The van der Waals surface area contributed by atoms with Crippen molar-refractivity contribution in [3.05, 3.63) is 41.5 Å². The first-order valence-electron chi connectivity index (χ1n) is 7.37. The van der Waals surface area contributed by atoms with Crippen molar-refractivity contribution in [1.29, 1.82) is 0 Å². The number of rotatable bonds is 7. The highest BCUT2D eigenvalue weighted by molar-refractivity contribution is 5.50. The first-order valence-corrected chi connectivity index (χ1v) is 7.37. The van der Waals surface area contributed by atoms with E-state index in [9.17, 15) is 0 Å². The summed E-state index contributed by atoms with van der Waals surface area (Å²) >= 11 is 0. The second-order valence-corrected chi connectivity index (χ2v) is 5.24. The maximum Gasteiger partial charge on any atom is -0.00142 e. The van der Waals surface area contributed by atoms with Crippen molar-refractivity contribution >= 4 is 6.08 Å². The lowest BCUT2D eigenvalue weighted by atomic mass is 9.80. The third-order valence-corrected chi connectivity index (χ3v) is 3.71. The van der Waals surface area contributed by atoms with Crippen LogP contribution in [-0.4, -0.2) is 13.1 Å². The van der Waals surface area contributed by atoms with Crippen LogP contribution in [0.4, 0.5) is 0 Å². The van der Waals surface area contributed by atoms with Crippen LogP contribution in [0.1, 0.15) is 56.1 Å². The fourth-order valence-corrected chi connectivity index (χ4v) is 2.36. The van der Waals surface area contributed by atoms with Crippen molar-refractivity contribution in [3.8, 4) is 0 Å². The Hall–Kier alpha value is -1.08. The highest BCUT2D eigenvalue weighted by Crippen LogP contribution is 2.36. The van der Waals surface area contributed by atoms with Crippen molar-refractivity contribution in [2.45, 2.75) is 44.9 Å². The molecule has 1 heteroatoms. The second kappa shape index (κ2) is 7.38. The van der Waals surface area contributed by atoms with Gasteiger partial charge in [-0.05, 0) is 55.8 Å². The standard InChI is InChI=1S/C17H25N/c1-2-12-18-13-4-3-7-15-8-5-11-17(14-15)16-9-6-10-16/h3,5,7-8,11,14,16,18H,2,4,6,9-10,12-13H2,1H3/b7-3+. The van der Waals surface area contributed by atoms with Crippen LogP contribution in [0.2, 0.25) is 0 Å². The summed E-state index contributed by atoms with van der Waals surface area (Å²) in [5.74, 6) is 0.838. The van der Waals surface area contributed by atoms with Gasteiger partial charge in [-0.15, -0.1) is 0 Å². The average molecular weight is 243 g/mol. The molecule has 0 amide bonds. The minimum atomic E-state index is 0.838. The molecule has 1 aliphatic carbocycles. The summed E-state index contributed by atoms with van der Waals surface area (Å²) in [7, 11) is 0. The van der Waals surface area contributed by atoms with Crippen molar-refractivity contribution in [2.75, 3.05) is 13.1 Å². The third-order valence-electron chi connectivity index (χ3n) is 3.71. The highest BCUT2D eigenvalue weighted by atomic mass is 14.8. The fourth-order valence-electron chi connectivity index (χ4n) is 2.36. The Balaban J connectivity index is 1.79. The van der Waals surface area contributed by atoms with Gasteiger partial charge in [0.25, 0.3) is 0 Å². The molecule has 0 aromatic heterocycles. The minimum Gasteiger partial charge on any atom is -0.316 e. The van der Waals surface area contributed by atoms with Gasteiger partial charge in [0.2, 0.25) is 0 Å². The van der Waals surface area contributed by atoms with Crippen molar-refractivity contribution in [3.63, 3.8) is 0 Å². The van der Waals surface area contributed by atoms with Crippen LogP contribution in [0, 0.1) is 0 Å². The predicted octanol–water partition coefficient (Wildman–Crippen LogP) is 4.36. The summed E-state index contributed by atoms with van der Waals surface area (Å²) in [5, 5.41) is 3.42. The SMILES string of the molecule is CCCNCC/C=C/c1cccc(C2CCC2)c1. The number of benzene rings is 1. The second-order valence-electron chi connectivity index (χ2n) is 5.24. The molecule has 0 atom stereocenters. The van der Waals surface area contributed by atoms with Crippen LogP contribution in [-0.2, 0) is 0 Å². The number of hydrogen-bond donors (Lipinski definition) is 1. The summed E-state index contributed by atoms with van der Waals surface area (Å²) in [6.45, 7) is 4.42. The number of hydrogen-bond acceptors (Lipinski definition) is 1. The predicted molar refractivity (Wildman–Crippen MR) is 79.8 cm³/mol. The molecule has 1 aliphatic rings. The van der Waals surface area contributed by atoms with E-state index >= 15 is 0 Å². The maximum atomic E-state index is 3.42. The van der Waals surface area contributed by atoms with E-state index in [0.29, 0.717) is 0 Å². The van der Waals surface area contributed by atoms with Gasteiger partial charge >= 0.3 is 0 Å². The topological polar surface area (TPSA) is 12.0 Å². The van der Waals surface area contributed by atoms with E-state index < -0.39 is 0 Å². The molecule has 0 bridgehead atoms. The van der Waals surface area contributed by atoms with Gasteiger partial charge in [0.05, 0.1) is 0 Å². The molecule has 1 aromatic carbocycles. The van der Waals surface area contributed by atoms with Crippen LogP contribution < -0.4 is 5.32 Å². The van der Waals surface area contributed by atoms with Gasteiger partial charge < -0.3 is 5.32 Å². The van der Waals surface area contributed by atoms with Crippen LogP contribution in [0.25, 0.3) is 6.08 Å². The largest absolute Gasteiger partial charge is 0.316 e. The molecule has 2 rings (SSSR count). The summed E-state index contributed by atoms with van der Waals surface area (Å²) in [4.78, 5) is 0. The minimum absolute atomic E-state index is 0.838. The monoisotopic (exact) mass is 243 g/mol. The van der Waals surface area contributed by atoms with E-state index in [1.807, 2.05) is 0 Å². The fraction of sp³-hybridized carbons (Fsp3) is 0.529. The molecule has 18 heavy (non-hydrogen) atoms. The molecule has 1 nitrogen and oxygen atoms in total. The lowest BCUT2D eigenvalue weighted by Gasteiger charge is -2.25. The van der Waals surface area contributed by atoms with Crippen LogP contribution in [0.15, 0.2) is 30.3 Å². The van der Waals surface area contributed by atoms with Gasteiger partial charge in [0.1, 0.15) is 0 Å².